The summed E-state index contributed by atoms with van der Waals surface area (Å²) in [6.07, 6.45) is 3.13. The van der Waals surface area contributed by atoms with Crippen LogP contribution in [0, 0.1) is 6.92 Å². The van der Waals surface area contributed by atoms with Crippen LogP contribution >= 0.6 is 34.7 Å². The molecule has 39 heavy (non-hydrogen) atoms. The van der Waals surface area contributed by atoms with E-state index in [0.29, 0.717) is 33.4 Å². The molecule has 10 nitrogen and oxygen atoms in total. The van der Waals surface area contributed by atoms with E-state index in [0.717, 1.165) is 0 Å². The molecule has 3 N–H and O–H groups in total. The van der Waals surface area contributed by atoms with Gasteiger partial charge in [-0.15, -0.1) is 0 Å². The fraction of sp³-hybridized carbons (Fsp3) is 0.360. The largest absolute Gasteiger partial charge is 0.444 e. The van der Waals surface area contributed by atoms with Crippen LogP contribution in [0.4, 0.5) is 15.6 Å². The van der Waals surface area contributed by atoms with Gasteiger partial charge >= 0.3 is 6.09 Å². The SMILES string of the molecule is CSCC[C@H](NC(=O)OC(C)(C)C)C(=O)Nc1nc(C)c(-c2cnc(Cl)c(NS(=O)(=O)c3ccccc3)c2)s1. The van der Waals surface area contributed by atoms with E-state index >= 15 is 0 Å². The number of hydrogen-bond acceptors (Lipinski definition) is 9. The summed E-state index contributed by atoms with van der Waals surface area (Å²) < 4.78 is 33.4. The summed E-state index contributed by atoms with van der Waals surface area (Å²) >= 11 is 8.93. The molecule has 2 amide bonds. The molecule has 3 rings (SSSR count). The number of carbonyl (C=O) groups is 2. The molecule has 210 valence electrons. The summed E-state index contributed by atoms with van der Waals surface area (Å²) in [4.78, 5) is 34.6. The Labute approximate surface area is 241 Å². The van der Waals surface area contributed by atoms with Gasteiger partial charge in [-0.2, -0.15) is 11.8 Å². The number of nitrogens with zero attached hydrogens (tertiary/aromatic N) is 2. The van der Waals surface area contributed by atoms with Gasteiger partial charge < -0.3 is 15.4 Å². The van der Waals surface area contributed by atoms with E-state index < -0.39 is 33.7 Å². The first-order valence-corrected chi connectivity index (χ1v) is 15.9. The van der Waals surface area contributed by atoms with Crippen LogP contribution in [0.3, 0.4) is 0 Å². The minimum absolute atomic E-state index is 0.0150. The lowest BCUT2D eigenvalue weighted by atomic mass is 10.2. The number of alkyl carbamates (subject to hydrolysis) is 1. The van der Waals surface area contributed by atoms with Crippen molar-refractivity contribution in [3.8, 4) is 10.4 Å². The Kier molecular flexibility index (Phi) is 10.2. The monoisotopic (exact) mass is 611 g/mol. The highest BCUT2D eigenvalue weighted by molar-refractivity contribution is 7.98. The normalized spacial score (nSPS) is 12.5. The molecule has 1 aromatic carbocycles. The van der Waals surface area contributed by atoms with E-state index in [1.807, 2.05) is 6.26 Å². The number of amides is 2. The zero-order valence-electron chi connectivity index (χ0n) is 22.1. The summed E-state index contributed by atoms with van der Waals surface area (Å²) in [5.74, 6) is 0.217. The molecule has 0 aliphatic rings. The Morgan fingerprint density at radius 1 is 1.21 bits per heavy atom. The van der Waals surface area contributed by atoms with Gasteiger partial charge in [-0.1, -0.05) is 41.1 Å². The number of thiazole rings is 1. The van der Waals surface area contributed by atoms with E-state index in [4.69, 9.17) is 16.3 Å². The van der Waals surface area contributed by atoms with Crippen molar-refractivity contribution in [2.24, 2.45) is 0 Å². The third-order valence-corrected chi connectivity index (χ3v) is 8.49. The summed E-state index contributed by atoms with van der Waals surface area (Å²) in [6, 6.07) is 8.64. The van der Waals surface area contributed by atoms with E-state index in [-0.39, 0.29) is 15.7 Å². The molecule has 0 bridgehead atoms. The van der Waals surface area contributed by atoms with Crippen molar-refractivity contribution < 1.29 is 22.7 Å². The second kappa shape index (κ2) is 13.0. The first kappa shape index (κ1) is 30.7. The molecule has 3 aromatic rings. The van der Waals surface area contributed by atoms with Crippen molar-refractivity contribution in [2.75, 3.05) is 22.0 Å². The van der Waals surface area contributed by atoms with Crippen molar-refractivity contribution in [3.63, 3.8) is 0 Å². The molecule has 0 unspecified atom stereocenters. The standard InChI is InChI=1S/C25H30ClN5O5S3/c1-15-20(16-13-19(21(26)27-14-16)31-39(34,35)17-9-7-6-8-10-17)38-23(28-15)30-22(32)18(11-12-37-5)29-24(33)36-25(2,3)4/h6-10,13-14,18,31H,11-12H2,1-5H3,(H,29,33)(H,28,30,32)/t18-/m0/s1. The Morgan fingerprint density at radius 3 is 2.54 bits per heavy atom. The van der Waals surface area contributed by atoms with Crippen molar-refractivity contribution in [1.29, 1.82) is 0 Å². The maximum Gasteiger partial charge on any atom is 0.408 e. The highest BCUT2D eigenvalue weighted by Gasteiger charge is 2.25. The molecule has 0 aliphatic carbocycles. The first-order chi connectivity index (χ1) is 18.3. The Hall–Kier alpha value is -2.87. The Balaban J connectivity index is 1.80. The number of carbonyl (C=O) groups excluding carboxylic acids is 2. The average Bonchev–Trinajstić information content (AvgIpc) is 3.22. The zero-order chi connectivity index (χ0) is 28.8. The van der Waals surface area contributed by atoms with Crippen molar-refractivity contribution in [1.82, 2.24) is 15.3 Å². The van der Waals surface area contributed by atoms with Crippen LogP contribution in [0.25, 0.3) is 10.4 Å². The molecule has 0 radical (unpaired) electrons. The van der Waals surface area contributed by atoms with Crippen molar-refractivity contribution in [3.05, 3.63) is 53.4 Å². The molecule has 0 aliphatic heterocycles. The maximum absolute atomic E-state index is 13.0. The van der Waals surface area contributed by atoms with Crippen LogP contribution in [0.1, 0.15) is 32.9 Å². The Bertz CT molecular complexity index is 1430. The van der Waals surface area contributed by atoms with Gasteiger partial charge in [-0.25, -0.2) is 23.2 Å². The lowest BCUT2D eigenvalue weighted by molar-refractivity contribution is -0.118. The number of aromatic nitrogens is 2. The molecule has 0 saturated heterocycles. The Morgan fingerprint density at radius 2 is 1.90 bits per heavy atom. The molecule has 0 spiro atoms. The van der Waals surface area contributed by atoms with Gasteiger partial charge in [-0.05, 0) is 64.3 Å². The van der Waals surface area contributed by atoms with Crippen LogP contribution in [0.2, 0.25) is 5.15 Å². The summed E-state index contributed by atoms with van der Waals surface area (Å²) in [7, 11) is -3.88. The van der Waals surface area contributed by atoms with Gasteiger partial charge in [0, 0.05) is 11.8 Å². The fourth-order valence-corrected chi connectivity index (χ4v) is 6.02. The van der Waals surface area contributed by atoms with Gasteiger partial charge in [0.25, 0.3) is 10.0 Å². The first-order valence-electron chi connectivity index (χ1n) is 11.8. The topological polar surface area (TPSA) is 139 Å². The minimum Gasteiger partial charge on any atom is -0.444 e. The predicted molar refractivity (Wildman–Crippen MR) is 157 cm³/mol. The number of halogens is 1. The summed E-state index contributed by atoms with van der Waals surface area (Å²) in [5.41, 5.74) is 0.561. The number of benzene rings is 1. The molecule has 2 heterocycles. The van der Waals surface area contributed by atoms with Crippen LogP contribution in [0.15, 0.2) is 47.5 Å². The number of nitrogens with one attached hydrogen (secondary N) is 3. The van der Waals surface area contributed by atoms with Crippen LogP contribution in [0.5, 0.6) is 0 Å². The van der Waals surface area contributed by atoms with E-state index in [1.165, 1.54) is 29.7 Å². The minimum atomic E-state index is -3.88. The lowest BCUT2D eigenvalue weighted by Crippen LogP contribution is -2.46. The van der Waals surface area contributed by atoms with Gasteiger partial charge in [0.15, 0.2) is 10.3 Å². The molecule has 0 saturated carbocycles. The van der Waals surface area contributed by atoms with Gasteiger partial charge in [0.1, 0.15) is 11.6 Å². The van der Waals surface area contributed by atoms with E-state index in [2.05, 4.69) is 25.3 Å². The van der Waals surface area contributed by atoms with Gasteiger partial charge in [0.05, 0.1) is 21.2 Å². The highest BCUT2D eigenvalue weighted by atomic mass is 35.5. The molecule has 0 fully saturated rings. The number of rotatable bonds is 10. The average molecular weight is 612 g/mol. The number of aryl methyl sites for hydroxylation is 1. The second-order valence-corrected chi connectivity index (χ2v) is 13.4. The number of ether oxygens (including phenoxy) is 1. The molecule has 1 atom stereocenters. The number of pyridine rings is 1. The van der Waals surface area contributed by atoms with Crippen molar-refractivity contribution >= 4 is 67.5 Å². The zero-order valence-corrected chi connectivity index (χ0v) is 25.3. The van der Waals surface area contributed by atoms with Crippen LogP contribution < -0.4 is 15.4 Å². The highest BCUT2D eigenvalue weighted by Crippen LogP contribution is 2.35. The predicted octanol–water partition coefficient (Wildman–Crippen LogP) is 5.55. The van der Waals surface area contributed by atoms with E-state index in [9.17, 15) is 18.0 Å². The van der Waals surface area contributed by atoms with Crippen LogP contribution in [-0.4, -0.2) is 54.0 Å². The lowest BCUT2D eigenvalue weighted by Gasteiger charge is -2.23. The van der Waals surface area contributed by atoms with Gasteiger partial charge in [-0.3, -0.25) is 9.52 Å². The fourth-order valence-electron chi connectivity index (χ4n) is 3.31. The number of thioether (sulfide) groups is 1. The quantitative estimate of drug-likeness (QED) is 0.253. The van der Waals surface area contributed by atoms with Crippen molar-refractivity contribution in [2.45, 2.75) is 50.7 Å². The maximum atomic E-state index is 13.0. The number of sulfonamides is 1. The molecule has 14 heteroatoms. The molecule has 2 aromatic heterocycles. The summed E-state index contributed by atoms with van der Waals surface area (Å²) in [5, 5.41) is 5.70. The molecular weight excluding hydrogens is 582 g/mol. The number of anilines is 2. The number of hydrogen-bond donors (Lipinski definition) is 3. The smallest absolute Gasteiger partial charge is 0.408 e. The third kappa shape index (κ3) is 8.82. The van der Waals surface area contributed by atoms with Gasteiger partial charge in [0.2, 0.25) is 5.91 Å². The summed E-state index contributed by atoms with van der Waals surface area (Å²) in [6.45, 7) is 6.99. The second-order valence-electron chi connectivity index (χ2n) is 9.38. The van der Waals surface area contributed by atoms with E-state index in [1.54, 1.807) is 63.7 Å². The molecular formula is C25H30ClN5O5S3. The van der Waals surface area contributed by atoms with Crippen LogP contribution in [-0.2, 0) is 19.6 Å². The third-order valence-electron chi connectivity index (χ3n) is 5.04.